The summed E-state index contributed by atoms with van der Waals surface area (Å²) >= 11 is 5.66. The molecule has 0 atom stereocenters. The molecule has 0 fully saturated rings. The zero-order valence-electron chi connectivity index (χ0n) is 10.1. The molecule has 4 N–H and O–H groups in total. The first-order chi connectivity index (χ1) is 9.45. The number of halogens is 3. The van der Waals surface area contributed by atoms with Crippen LogP contribution in [-0.2, 0) is 0 Å². The Kier molecular flexibility index (Phi) is 4.05. The predicted octanol–water partition coefficient (Wildman–Crippen LogP) is 3.84. The van der Waals surface area contributed by atoms with E-state index in [2.05, 4.69) is 10.6 Å². The molecule has 7 heteroatoms. The molecule has 0 bridgehead atoms. The van der Waals surface area contributed by atoms with E-state index in [9.17, 15) is 13.6 Å². The van der Waals surface area contributed by atoms with Crippen LogP contribution < -0.4 is 16.4 Å². The van der Waals surface area contributed by atoms with Crippen LogP contribution in [0.4, 0.5) is 30.6 Å². The van der Waals surface area contributed by atoms with Gasteiger partial charge in [-0.15, -0.1) is 0 Å². The second kappa shape index (κ2) is 5.75. The van der Waals surface area contributed by atoms with Crippen molar-refractivity contribution in [2.24, 2.45) is 0 Å². The molecular formula is C13H10ClF2N3O. The Labute approximate surface area is 118 Å². The van der Waals surface area contributed by atoms with Gasteiger partial charge in [0.25, 0.3) is 0 Å². The number of amides is 2. The number of carbonyl (C=O) groups excluding carboxylic acids is 1. The molecule has 2 rings (SSSR count). The highest BCUT2D eigenvalue weighted by molar-refractivity contribution is 6.33. The van der Waals surface area contributed by atoms with Gasteiger partial charge in [-0.05, 0) is 30.3 Å². The number of urea groups is 1. The molecule has 0 aliphatic heterocycles. The van der Waals surface area contributed by atoms with E-state index in [0.29, 0.717) is 17.4 Å². The van der Waals surface area contributed by atoms with Crippen molar-refractivity contribution in [2.75, 3.05) is 16.4 Å². The number of anilines is 3. The number of carbonyl (C=O) groups is 1. The van der Waals surface area contributed by atoms with E-state index < -0.39 is 17.7 Å². The van der Waals surface area contributed by atoms with Gasteiger partial charge >= 0.3 is 6.03 Å². The molecule has 2 amide bonds. The van der Waals surface area contributed by atoms with Gasteiger partial charge in [0.15, 0.2) is 5.82 Å². The van der Waals surface area contributed by atoms with Crippen LogP contribution in [0.3, 0.4) is 0 Å². The van der Waals surface area contributed by atoms with Gasteiger partial charge in [-0.1, -0.05) is 11.6 Å². The predicted molar refractivity (Wildman–Crippen MR) is 74.9 cm³/mol. The van der Waals surface area contributed by atoms with E-state index in [1.165, 1.54) is 0 Å². The molecule has 20 heavy (non-hydrogen) atoms. The molecule has 0 radical (unpaired) electrons. The number of nitrogens with two attached hydrogens (primary N) is 1. The number of benzene rings is 2. The van der Waals surface area contributed by atoms with Crippen molar-refractivity contribution >= 4 is 34.7 Å². The van der Waals surface area contributed by atoms with E-state index >= 15 is 0 Å². The summed E-state index contributed by atoms with van der Waals surface area (Å²) in [5.41, 5.74) is 6.23. The van der Waals surface area contributed by atoms with Crippen LogP contribution in [0.25, 0.3) is 0 Å². The van der Waals surface area contributed by atoms with Gasteiger partial charge in [0.05, 0.1) is 10.7 Å². The van der Waals surface area contributed by atoms with Crippen LogP contribution in [0.5, 0.6) is 0 Å². The van der Waals surface area contributed by atoms with Crippen LogP contribution in [0.1, 0.15) is 0 Å². The first kappa shape index (κ1) is 14.1. The van der Waals surface area contributed by atoms with Gasteiger partial charge in [-0.25, -0.2) is 13.6 Å². The van der Waals surface area contributed by atoms with Crippen molar-refractivity contribution < 1.29 is 13.6 Å². The van der Waals surface area contributed by atoms with Crippen LogP contribution in [-0.4, -0.2) is 6.03 Å². The number of nitrogens with one attached hydrogen (secondary N) is 2. The molecule has 104 valence electrons. The Hall–Kier alpha value is -2.34. The molecule has 0 aromatic heterocycles. The lowest BCUT2D eigenvalue weighted by atomic mass is 10.3. The molecule has 0 unspecified atom stereocenters. The first-order valence-electron chi connectivity index (χ1n) is 5.54. The first-order valence-corrected chi connectivity index (χ1v) is 5.91. The molecule has 2 aromatic carbocycles. The monoisotopic (exact) mass is 297 g/mol. The van der Waals surface area contributed by atoms with Gasteiger partial charge in [0.2, 0.25) is 0 Å². The summed E-state index contributed by atoms with van der Waals surface area (Å²) in [7, 11) is 0. The minimum atomic E-state index is -0.956. The highest BCUT2D eigenvalue weighted by atomic mass is 35.5. The average molecular weight is 298 g/mol. The summed E-state index contributed by atoms with van der Waals surface area (Å²) in [6, 6.07) is 7.19. The van der Waals surface area contributed by atoms with Gasteiger partial charge in [-0.2, -0.15) is 0 Å². The van der Waals surface area contributed by atoms with E-state index in [0.717, 1.165) is 6.07 Å². The molecule has 0 spiro atoms. The molecule has 2 aromatic rings. The van der Waals surface area contributed by atoms with Crippen molar-refractivity contribution in [2.45, 2.75) is 0 Å². The summed E-state index contributed by atoms with van der Waals surface area (Å²) in [6.07, 6.45) is 0. The Balaban J connectivity index is 2.10. The maximum Gasteiger partial charge on any atom is 0.323 e. The maximum absolute atomic E-state index is 13.5. The normalized spacial score (nSPS) is 10.2. The van der Waals surface area contributed by atoms with Crippen molar-refractivity contribution in [1.29, 1.82) is 0 Å². The molecule has 4 nitrogen and oxygen atoms in total. The minimum absolute atomic E-state index is 0.227. The quantitative estimate of drug-likeness (QED) is 0.737. The third kappa shape index (κ3) is 3.36. The SMILES string of the molecule is Nc1ccc(NC(=O)Nc2c(F)cc(F)cc2Cl)cc1. The zero-order chi connectivity index (χ0) is 14.7. The smallest absolute Gasteiger partial charge is 0.323 e. The van der Waals surface area contributed by atoms with Crippen LogP contribution in [0.15, 0.2) is 36.4 Å². The zero-order valence-corrected chi connectivity index (χ0v) is 10.8. The Morgan fingerprint density at radius 1 is 1.10 bits per heavy atom. The summed E-state index contributed by atoms with van der Waals surface area (Å²) in [6.45, 7) is 0. The highest BCUT2D eigenvalue weighted by Gasteiger charge is 2.13. The topological polar surface area (TPSA) is 67.1 Å². The fraction of sp³-hybridized carbons (Fsp3) is 0. The largest absolute Gasteiger partial charge is 0.399 e. The number of nitrogen functional groups attached to an aromatic ring is 1. The van der Waals surface area contributed by atoms with E-state index in [-0.39, 0.29) is 10.7 Å². The molecular weight excluding hydrogens is 288 g/mol. The summed E-state index contributed by atoms with van der Waals surface area (Å²) in [5.74, 6) is -1.78. The second-order valence-corrected chi connectivity index (χ2v) is 4.35. The molecule has 0 aliphatic rings. The van der Waals surface area contributed by atoms with Crippen molar-refractivity contribution in [3.63, 3.8) is 0 Å². The van der Waals surface area contributed by atoms with Gasteiger partial charge < -0.3 is 16.4 Å². The lowest BCUT2D eigenvalue weighted by Crippen LogP contribution is -2.20. The van der Waals surface area contributed by atoms with Crippen LogP contribution >= 0.6 is 11.6 Å². The number of hydrogen-bond acceptors (Lipinski definition) is 2. The lowest BCUT2D eigenvalue weighted by Gasteiger charge is -2.10. The number of hydrogen-bond donors (Lipinski definition) is 3. The Morgan fingerprint density at radius 2 is 1.75 bits per heavy atom. The van der Waals surface area contributed by atoms with E-state index in [4.69, 9.17) is 17.3 Å². The fourth-order valence-corrected chi connectivity index (χ4v) is 1.75. The molecule has 0 aliphatic carbocycles. The number of rotatable bonds is 2. The van der Waals surface area contributed by atoms with Gasteiger partial charge in [-0.3, -0.25) is 0 Å². The third-order valence-electron chi connectivity index (χ3n) is 2.41. The Morgan fingerprint density at radius 3 is 2.35 bits per heavy atom. The van der Waals surface area contributed by atoms with E-state index in [1.54, 1.807) is 24.3 Å². The lowest BCUT2D eigenvalue weighted by molar-refractivity contribution is 0.262. The van der Waals surface area contributed by atoms with Gasteiger partial charge in [0.1, 0.15) is 5.82 Å². The molecule has 0 saturated heterocycles. The molecule has 0 heterocycles. The fourth-order valence-electron chi connectivity index (χ4n) is 1.50. The molecule has 0 saturated carbocycles. The van der Waals surface area contributed by atoms with E-state index in [1.807, 2.05) is 0 Å². The van der Waals surface area contributed by atoms with Gasteiger partial charge in [0, 0.05) is 17.4 Å². The average Bonchev–Trinajstić information content (AvgIpc) is 2.36. The van der Waals surface area contributed by atoms with Crippen molar-refractivity contribution in [1.82, 2.24) is 0 Å². The standard InChI is InChI=1S/C13H10ClF2N3O/c14-10-5-7(15)6-11(16)12(10)19-13(20)18-9-3-1-8(17)2-4-9/h1-6H,17H2,(H2,18,19,20). The maximum atomic E-state index is 13.5. The van der Waals surface area contributed by atoms with Crippen LogP contribution in [0, 0.1) is 11.6 Å². The summed E-state index contributed by atoms with van der Waals surface area (Å²) in [5, 5.41) is 4.45. The summed E-state index contributed by atoms with van der Waals surface area (Å²) in [4.78, 5) is 11.7. The summed E-state index contributed by atoms with van der Waals surface area (Å²) < 4.78 is 26.3. The second-order valence-electron chi connectivity index (χ2n) is 3.95. The minimum Gasteiger partial charge on any atom is -0.399 e. The van der Waals surface area contributed by atoms with Crippen LogP contribution in [0.2, 0.25) is 5.02 Å². The third-order valence-corrected chi connectivity index (χ3v) is 2.71. The van der Waals surface area contributed by atoms with Crippen molar-refractivity contribution in [3.05, 3.63) is 53.1 Å². The van der Waals surface area contributed by atoms with Crippen molar-refractivity contribution in [3.8, 4) is 0 Å². The highest BCUT2D eigenvalue weighted by Crippen LogP contribution is 2.26. The Bertz CT molecular complexity index is 624.